The van der Waals surface area contributed by atoms with Gasteiger partial charge in [-0.3, -0.25) is 4.79 Å². The molecule has 2 heterocycles. The normalized spacial score (nSPS) is 13.7. The molecule has 3 N–H and O–H groups in total. The van der Waals surface area contributed by atoms with Crippen molar-refractivity contribution < 1.29 is 15.0 Å². The van der Waals surface area contributed by atoms with Gasteiger partial charge in [-0.05, 0) is 12.1 Å². The van der Waals surface area contributed by atoms with Crippen LogP contribution in [0.5, 0.6) is 0 Å². The maximum Gasteiger partial charge on any atom is 0.216 e. The lowest BCUT2D eigenvalue weighted by Crippen LogP contribution is -2.34. The summed E-state index contributed by atoms with van der Waals surface area (Å²) in [5.41, 5.74) is 0.393. The molecule has 0 spiro atoms. The molecular formula is C12H14ClN5O3. The van der Waals surface area contributed by atoms with Crippen molar-refractivity contribution in [1.82, 2.24) is 25.3 Å². The van der Waals surface area contributed by atoms with Gasteiger partial charge in [0.25, 0.3) is 0 Å². The summed E-state index contributed by atoms with van der Waals surface area (Å²) in [6.07, 6.45) is 0.603. The Morgan fingerprint density at radius 2 is 2.19 bits per heavy atom. The number of aliphatic hydroxyl groups is 2. The number of carbonyl (C=O) groups is 1. The van der Waals surface area contributed by atoms with E-state index in [0.717, 1.165) is 0 Å². The van der Waals surface area contributed by atoms with Crippen LogP contribution < -0.4 is 5.32 Å². The third-order valence-corrected chi connectivity index (χ3v) is 2.92. The Morgan fingerprint density at radius 3 is 2.81 bits per heavy atom. The number of halogens is 1. The average molecular weight is 312 g/mol. The van der Waals surface area contributed by atoms with Crippen LogP contribution in [0.1, 0.15) is 18.6 Å². The number of aliphatic hydroxyl groups excluding tert-OH is 2. The van der Waals surface area contributed by atoms with Gasteiger partial charge in [0.2, 0.25) is 5.91 Å². The van der Waals surface area contributed by atoms with E-state index in [9.17, 15) is 15.0 Å². The Labute approximate surface area is 125 Å². The van der Waals surface area contributed by atoms with Crippen molar-refractivity contribution in [2.75, 3.05) is 6.54 Å². The zero-order chi connectivity index (χ0) is 15.4. The molecule has 2 aromatic rings. The molecule has 0 saturated carbocycles. The highest BCUT2D eigenvalue weighted by Crippen LogP contribution is 2.17. The van der Waals surface area contributed by atoms with Gasteiger partial charge in [0.15, 0.2) is 11.0 Å². The van der Waals surface area contributed by atoms with Crippen molar-refractivity contribution in [2.24, 2.45) is 0 Å². The lowest BCUT2D eigenvalue weighted by atomic mass is 10.1. The molecule has 1 amide bonds. The van der Waals surface area contributed by atoms with E-state index in [2.05, 4.69) is 20.6 Å². The second kappa shape index (κ2) is 6.61. The van der Waals surface area contributed by atoms with Gasteiger partial charge in [-0.2, -0.15) is 5.10 Å². The molecule has 0 aromatic carbocycles. The molecule has 0 aliphatic carbocycles. The van der Waals surface area contributed by atoms with E-state index in [1.807, 2.05) is 0 Å². The third kappa shape index (κ3) is 3.97. The SMILES string of the molecule is CC(=O)NCC(O)C(O)c1cnn(-c2ccc(Cl)nn2)c1. The molecule has 0 fully saturated rings. The summed E-state index contributed by atoms with van der Waals surface area (Å²) in [5, 5.41) is 34.0. The number of aromatic nitrogens is 4. The number of hydrogen-bond acceptors (Lipinski definition) is 6. The zero-order valence-corrected chi connectivity index (χ0v) is 11.9. The van der Waals surface area contributed by atoms with Crippen LogP contribution in [0, 0.1) is 0 Å². The highest BCUT2D eigenvalue weighted by atomic mass is 35.5. The number of amides is 1. The lowest BCUT2D eigenvalue weighted by Gasteiger charge is -2.16. The van der Waals surface area contributed by atoms with E-state index in [4.69, 9.17) is 11.6 Å². The Kier molecular flexibility index (Phi) is 4.84. The van der Waals surface area contributed by atoms with Crippen molar-refractivity contribution in [2.45, 2.75) is 19.1 Å². The van der Waals surface area contributed by atoms with Crippen LogP contribution in [0.15, 0.2) is 24.5 Å². The largest absolute Gasteiger partial charge is 0.388 e. The maximum absolute atomic E-state index is 10.8. The first kappa shape index (κ1) is 15.4. The Morgan fingerprint density at radius 1 is 1.43 bits per heavy atom. The van der Waals surface area contributed by atoms with E-state index < -0.39 is 12.2 Å². The maximum atomic E-state index is 10.8. The monoisotopic (exact) mass is 311 g/mol. The van der Waals surface area contributed by atoms with Gasteiger partial charge in [0.1, 0.15) is 12.2 Å². The van der Waals surface area contributed by atoms with Gasteiger partial charge < -0.3 is 15.5 Å². The van der Waals surface area contributed by atoms with Gasteiger partial charge in [0, 0.05) is 25.2 Å². The zero-order valence-electron chi connectivity index (χ0n) is 11.1. The van der Waals surface area contributed by atoms with Crippen molar-refractivity contribution in [3.8, 4) is 5.82 Å². The summed E-state index contributed by atoms with van der Waals surface area (Å²) in [4.78, 5) is 10.8. The molecule has 9 heteroatoms. The van der Waals surface area contributed by atoms with Gasteiger partial charge in [-0.25, -0.2) is 4.68 Å². The molecule has 0 aliphatic heterocycles. The van der Waals surface area contributed by atoms with Crippen molar-refractivity contribution in [3.05, 3.63) is 35.2 Å². The van der Waals surface area contributed by atoms with E-state index in [-0.39, 0.29) is 17.6 Å². The minimum atomic E-state index is -1.18. The Hall–Kier alpha value is -2.03. The van der Waals surface area contributed by atoms with Crippen LogP contribution in [0.4, 0.5) is 0 Å². The van der Waals surface area contributed by atoms with Crippen molar-refractivity contribution in [3.63, 3.8) is 0 Å². The van der Waals surface area contributed by atoms with E-state index in [1.165, 1.54) is 24.0 Å². The van der Waals surface area contributed by atoms with Crippen LogP contribution >= 0.6 is 11.6 Å². The smallest absolute Gasteiger partial charge is 0.216 e. The van der Waals surface area contributed by atoms with E-state index in [1.54, 1.807) is 12.1 Å². The second-order valence-corrected chi connectivity index (χ2v) is 4.77. The van der Waals surface area contributed by atoms with Crippen LogP contribution in [0.3, 0.4) is 0 Å². The van der Waals surface area contributed by atoms with Crippen LogP contribution in [-0.4, -0.2) is 48.7 Å². The molecular weight excluding hydrogens is 298 g/mol. The van der Waals surface area contributed by atoms with Crippen molar-refractivity contribution in [1.29, 1.82) is 0 Å². The molecule has 8 nitrogen and oxygen atoms in total. The molecule has 112 valence electrons. The predicted molar refractivity (Wildman–Crippen MR) is 73.8 cm³/mol. The van der Waals surface area contributed by atoms with Crippen LogP contribution in [-0.2, 0) is 4.79 Å². The molecule has 2 rings (SSSR count). The summed E-state index contributed by atoms with van der Waals surface area (Å²) in [7, 11) is 0. The number of carbonyl (C=O) groups excluding carboxylic acids is 1. The van der Waals surface area contributed by atoms with Crippen LogP contribution in [0.2, 0.25) is 5.15 Å². The second-order valence-electron chi connectivity index (χ2n) is 4.38. The highest BCUT2D eigenvalue weighted by molar-refractivity contribution is 6.29. The van der Waals surface area contributed by atoms with Gasteiger partial charge in [-0.15, -0.1) is 10.2 Å². The fraction of sp³-hybridized carbons (Fsp3) is 0.333. The average Bonchev–Trinajstić information content (AvgIpc) is 2.94. The first-order valence-electron chi connectivity index (χ1n) is 6.12. The molecule has 0 aliphatic rings. The first-order valence-corrected chi connectivity index (χ1v) is 6.50. The number of hydrogen-bond donors (Lipinski definition) is 3. The molecule has 2 unspecified atom stereocenters. The fourth-order valence-electron chi connectivity index (χ4n) is 1.63. The van der Waals surface area contributed by atoms with Gasteiger partial charge in [0.05, 0.1) is 6.20 Å². The highest BCUT2D eigenvalue weighted by Gasteiger charge is 2.20. The number of rotatable bonds is 5. The Balaban J connectivity index is 2.08. The minimum absolute atomic E-state index is 0.0531. The summed E-state index contributed by atoms with van der Waals surface area (Å²) < 4.78 is 1.40. The quantitative estimate of drug-likeness (QED) is 0.707. The molecule has 2 aromatic heterocycles. The topological polar surface area (TPSA) is 113 Å². The summed E-state index contributed by atoms with van der Waals surface area (Å²) in [6.45, 7) is 1.28. The Bertz CT molecular complexity index is 616. The predicted octanol–water partition coefficient (Wildman–Crippen LogP) is -0.154. The van der Waals surface area contributed by atoms with E-state index in [0.29, 0.717) is 11.4 Å². The van der Waals surface area contributed by atoms with Crippen LogP contribution in [0.25, 0.3) is 5.82 Å². The minimum Gasteiger partial charge on any atom is -0.388 e. The fourth-order valence-corrected chi connectivity index (χ4v) is 1.73. The lowest BCUT2D eigenvalue weighted by molar-refractivity contribution is -0.119. The molecule has 0 bridgehead atoms. The molecule has 21 heavy (non-hydrogen) atoms. The number of nitrogens with zero attached hydrogens (tertiary/aromatic N) is 4. The molecule has 2 atom stereocenters. The van der Waals surface area contributed by atoms with Gasteiger partial charge >= 0.3 is 0 Å². The standard InChI is InChI=1S/C12H14ClN5O3/c1-7(19)14-5-9(20)12(21)8-4-15-18(6-8)11-3-2-10(13)16-17-11/h2-4,6,9,12,20-21H,5H2,1H3,(H,14,19). The number of nitrogens with one attached hydrogen (secondary N) is 1. The first-order chi connectivity index (χ1) is 9.97. The van der Waals surface area contributed by atoms with Gasteiger partial charge in [-0.1, -0.05) is 11.6 Å². The summed E-state index contributed by atoms with van der Waals surface area (Å²) in [6, 6.07) is 3.18. The third-order valence-electron chi connectivity index (χ3n) is 2.72. The van der Waals surface area contributed by atoms with Crippen molar-refractivity contribution >= 4 is 17.5 Å². The molecule has 0 saturated heterocycles. The summed E-state index contributed by atoms with van der Waals surface area (Å²) >= 11 is 5.65. The van der Waals surface area contributed by atoms with E-state index >= 15 is 0 Å². The summed E-state index contributed by atoms with van der Waals surface area (Å²) in [5.74, 6) is 0.141. The molecule has 0 radical (unpaired) electrons.